The number of carbonyl (C=O) groups is 1. The second-order valence-electron chi connectivity index (χ2n) is 5.49. The van der Waals surface area contributed by atoms with E-state index in [1.165, 1.54) is 6.33 Å². The van der Waals surface area contributed by atoms with E-state index in [0.29, 0.717) is 23.3 Å². The number of fused-ring (bicyclic) bond motifs is 1. The normalized spacial score (nSPS) is 18.6. The maximum absolute atomic E-state index is 13.6. The molecule has 0 unspecified atom stereocenters. The third kappa shape index (κ3) is 2.70. The van der Waals surface area contributed by atoms with Crippen LogP contribution in [0.5, 0.6) is 0 Å². The number of hydrogen-bond acceptors (Lipinski definition) is 4. The van der Waals surface area contributed by atoms with Gasteiger partial charge in [0, 0.05) is 30.5 Å². The summed E-state index contributed by atoms with van der Waals surface area (Å²) in [7, 11) is 0. The minimum absolute atomic E-state index is 0.0718. The maximum atomic E-state index is 13.6. The zero-order valence-corrected chi connectivity index (χ0v) is 11.9. The van der Waals surface area contributed by atoms with Crippen LogP contribution in [0, 0.1) is 11.6 Å². The largest absolute Gasteiger partial charge is 0.370 e. The van der Waals surface area contributed by atoms with Crippen LogP contribution in [0.1, 0.15) is 25.7 Å². The minimum atomic E-state index is -0.940. The average Bonchev–Trinajstić information content (AvgIpc) is 2.48. The van der Waals surface area contributed by atoms with E-state index in [4.69, 9.17) is 5.73 Å². The molecule has 0 saturated carbocycles. The fraction of sp³-hybridized carbons (Fsp3) is 0.400. The SMILES string of the molecule is NC(=O)C[C@H]1CCCCN1c1ncnc2cc(F)c(F)cc12. The van der Waals surface area contributed by atoms with Gasteiger partial charge in [-0.2, -0.15) is 0 Å². The number of hydrogen-bond donors (Lipinski definition) is 1. The van der Waals surface area contributed by atoms with Crippen LogP contribution >= 0.6 is 0 Å². The summed E-state index contributed by atoms with van der Waals surface area (Å²) in [6, 6.07) is 2.09. The average molecular weight is 306 g/mol. The predicted octanol–water partition coefficient (Wildman–Crippen LogP) is 2.14. The number of amides is 1. The molecule has 7 heteroatoms. The fourth-order valence-electron chi connectivity index (χ4n) is 2.99. The molecule has 3 rings (SSSR count). The molecule has 1 aromatic heterocycles. The Labute approximate surface area is 126 Å². The monoisotopic (exact) mass is 306 g/mol. The molecule has 0 aliphatic carbocycles. The highest BCUT2D eigenvalue weighted by Gasteiger charge is 2.26. The second kappa shape index (κ2) is 5.82. The molecule has 1 fully saturated rings. The molecule has 2 N–H and O–H groups in total. The van der Waals surface area contributed by atoms with Crippen molar-refractivity contribution in [1.29, 1.82) is 0 Å². The van der Waals surface area contributed by atoms with Crippen LogP contribution in [0.25, 0.3) is 10.9 Å². The van der Waals surface area contributed by atoms with Crippen molar-refractivity contribution in [3.8, 4) is 0 Å². The highest BCUT2D eigenvalue weighted by molar-refractivity contribution is 5.89. The summed E-state index contributed by atoms with van der Waals surface area (Å²) >= 11 is 0. The van der Waals surface area contributed by atoms with Gasteiger partial charge in [0.15, 0.2) is 11.6 Å². The van der Waals surface area contributed by atoms with Gasteiger partial charge in [-0.05, 0) is 25.3 Å². The topological polar surface area (TPSA) is 72.1 Å². The lowest BCUT2D eigenvalue weighted by atomic mass is 9.98. The number of aromatic nitrogens is 2. The molecular weight excluding hydrogens is 290 g/mol. The van der Waals surface area contributed by atoms with Gasteiger partial charge in [-0.25, -0.2) is 18.7 Å². The summed E-state index contributed by atoms with van der Waals surface area (Å²) in [5.74, 6) is -1.74. The molecule has 1 aliphatic rings. The van der Waals surface area contributed by atoms with Crippen molar-refractivity contribution in [2.75, 3.05) is 11.4 Å². The quantitative estimate of drug-likeness (QED) is 0.943. The van der Waals surface area contributed by atoms with Crippen LogP contribution in [0.3, 0.4) is 0 Å². The Balaban J connectivity index is 2.07. The first-order valence-corrected chi connectivity index (χ1v) is 7.21. The van der Waals surface area contributed by atoms with Crippen molar-refractivity contribution in [2.45, 2.75) is 31.7 Å². The van der Waals surface area contributed by atoms with Gasteiger partial charge in [-0.15, -0.1) is 0 Å². The van der Waals surface area contributed by atoms with E-state index in [1.807, 2.05) is 4.90 Å². The number of halogens is 2. The first kappa shape index (κ1) is 14.6. The molecule has 116 valence electrons. The number of piperidine rings is 1. The summed E-state index contributed by atoms with van der Waals surface area (Å²) < 4.78 is 26.9. The number of anilines is 1. The van der Waals surface area contributed by atoms with Crippen molar-refractivity contribution in [3.63, 3.8) is 0 Å². The second-order valence-corrected chi connectivity index (χ2v) is 5.49. The molecule has 22 heavy (non-hydrogen) atoms. The number of nitrogens with two attached hydrogens (primary N) is 1. The van der Waals surface area contributed by atoms with Gasteiger partial charge in [0.05, 0.1) is 5.52 Å². The Hall–Kier alpha value is -2.31. The van der Waals surface area contributed by atoms with Crippen LogP contribution in [0.2, 0.25) is 0 Å². The summed E-state index contributed by atoms with van der Waals surface area (Å²) in [6.45, 7) is 0.697. The van der Waals surface area contributed by atoms with Gasteiger partial charge in [0.25, 0.3) is 0 Å². The molecule has 0 radical (unpaired) electrons. The number of rotatable bonds is 3. The van der Waals surface area contributed by atoms with Crippen LogP contribution in [-0.2, 0) is 4.79 Å². The molecular formula is C15H16F2N4O. The van der Waals surface area contributed by atoms with Gasteiger partial charge in [-0.3, -0.25) is 4.79 Å². The standard InChI is InChI=1S/C15H16F2N4O/c16-11-6-10-13(7-12(11)17)19-8-20-15(10)21-4-2-1-3-9(21)5-14(18)22/h6-9H,1-5H2,(H2,18,22)/t9-/m1/s1. The predicted molar refractivity (Wildman–Crippen MR) is 78.3 cm³/mol. The van der Waals surface area contributed by atoms with Gasteiger partial charge in [0.1, 0.15) is 12.1 Å². The zero-order chi connectivity index (χ0) is 15.7. The summed E-state index contributed by atoms with van der Waals surface area (Å²) in [6.07, 6.45) is 4.31. The molecule has 0 spiro atoms. The number of nitrogens with zero attached hydrogens (tertiary/aromatic N) is 3. The van der Waals surface area contributed by atoms with Crippen LogP contribution in [0.15, 0.2) is 18.5 Å². The van der Waals surface area contributed by atoms with Crippen LogP contribution in [-0.4, -0.2) is 28.5 Å². The molecule has 1 aliphatic heterocycles. The van der Waals surface area contributed by atoms with E-state index < -0.39 is 11.6 Å². The molecule has 1 saturated heterocycles. The van der Waals surface area contributed by atoms with Gasteiger partial charge >= 0.3 is 0 Å². The van der Waals surface area contributed by atoms with E-state index in [9.17, 15) is 13.6 Å². The van der Waals surface area contributed by atoms with E-state index in [0.717, 1.165) is 31.4 Å². The first-order valence-electron chi connectivity index (χ1n) is 7.21. The van der Waals surface area contributed by atoms with Crippen molar-refractivity contribution in [2.24, 2.45) is 5.73 Å². The molecule has 1 amide bonds. The van der Waals surface area contributed by atoms with Gasteiger partial charge < -0.3 is 10.6 Å². The van der Waals surface area contributed by atoms with E-state index in [-0.39, 0.29) is 18.4 Å². The molecule has 1 aromatic carbocycles. The molecule has 1 atom stereocenters. The molecule has 5 nitrogen and oxygen atoms in total. The molecule has 2 aromatic rings. The Morgan fingerprint density at radius 2 is 2.05 bits per heavy atom. The van der Waals surface area contributed by atoms with Crippen LogP contribution < -0.4 is 10.6 Å². The van der Waals surface area contributed by atoms with Gasteiger partial charge in [0.2, 0.25) is 5.91 Å². The van der Waals surface area contributed by atoms with E-state index >= 15 is 0 Å². The molecule has 2 heterocycles. The number of primary amides is 1. The van der Waals surface area contributed by atoms with Crippen molar-refractivity contribution in [3.05, 3.63) is 30.1 Å². The summed E-state index contributed by atoms with van der Waals surface area (Å²) in [5, 5.41) is 0.442. The molecule has 0 bridgehead atoms. The highest BCUT2D eigenvalue weighted by atomic mass is 19.2. The number of carbonyl (C=O) groups excluding carboxylic acids is 1. The van der Waals surface area contributed by atoms with E-state index in [2.05, 4.69) is 9.97 Å². The fourth-order valence-corrected chi connectivity index (χ4v) is 2.99. The minimum Gasteiger partial charge on any atom is -0.370 e. The van der Waals surface area contributed by atoms with Gasteiger partial charge in [-0.1, -0.05) is 0 Å². The lowest BCUT2D eigenvalue weighted by molar-refractivity contribution is -0.118. The first-order chi connectivity index (χ1) is 10.6. The third-order valence-corrected chi connectivity index (χ3v) is 3.99. The van der Waals surface area contributed by atoms with Crippen LogP contribution in [0.4, 0.5) is 14.6 Å². The Bertz CT molecular complexity index is 722. The van der Waals surface area contributed by atoms with Crippen molar-refractivity contribution < 1.29 is 13.6 Å². The highest BCUT2D eigenvalue weighted by Crippen LogP contribution is 2.31. The summed E-state index contributed by atoms with van der Waals surface area (Å²) in [4.78, 5) is 21.4. The van der Waals surface area contributed by atoms with Crippen molar-refractivity contribution >= 4 is 22.6 Å². The third-order valence-electron chi connectivity index (χ3n) is 3.99. The Morgan fingerprint density at radius 3 is 2.82 bits per heavy atom. The Kier molecular flexibility index (Phi) is 3.87. The Morgan fingerprint density at radius 1 is 1.27 bits per heavy atom. The maximum Gasteiger partial charge on any atom is 0.219 e. The zero-order valence-electron chi connectivity index (χ0n) is 11.9. The lowest BCUT2D eigenvalue weighted by Gasteiger charge is -2.36. The smallest absolute Gasteiger partial charge is 0.219 e. The number of benzene rings is 1. The lowest BCUT2D eigenvalue weighted by Crippen LogP contribution is -2.42. The van der Waals surface area contributed by atoms with E-state index in [1.54, 1.807) is 0 Å². The summed E-state index contributed by atoms with van der Waals surface area (Å²) in [5.41, 5.74) is 5.65. The van der Waals surface area contributed by atoms with Crippen molar-refractivity contribution in [1.82, 2.24) is 9.97 Å².